The second-order valence-corrected chi connectivity index (χ2v) is 13.7. The maximum absolute atomic E-state index is 14.0. The minimum Gasteiger partial charge on any atom is -0.493 e. The lowest BCUT2D eigenvalue weighted by atomic mass is 9.65. The Morgan fingerprint density at radius 2 is 1.95 bits per heavy atom. The summed E-state index contributed by atoms with van der Waals surface area (Å²) in [6.07, 6.45) is 4.28. The Hall–Kier alpha value is -2.72. The third kappa shape index (κ3) is 4.48. The highest BCUT2D eigenvalue weighted by Gasteiger charge is 2.53. The van der Waals surface area contributed by atoms with E-state index < -0.39 is 10.0 Å². The fourth-order valence-corrected chi connectivity index (χ4v) is 8.54. The molecule has 0 amide bonds. The number of nitrogens with one attached hydrogen (secondary N) is 1. The van der Waals surface area contributed by atoms with E-state index in [0.717, 1.165) is 31.4 Å². The van der Waals surface area contributed by atoms with Crippen LogP contribution in [0.15, 0.2) is 27.9 Å². The van der Waals surface area contributed by atoms with Crippen LogP contribution < -0.4 is 10.3 Å². The molecule has 1 saturated carbocycles. The van der Waals surface area contributed by atoms with Gasteiger partial charge in [0.2, 0.25) is 10.0 Å². The van der Waals surface area contributed by atoms with Crippen LogP contribution >= 0.6 is 0 Å². The van der Waals surface area contributed by atoms with Gasteiger partial charge in [0, 0.05) is 19.6 Å². The number of benzene rings is 1. The van der Waals surface area contributed by atoms with Gasteiger partial charge in [0.05, 0.1) is 22.8 Å². The van der Waals surface area contributed by atoms with Crippen LogP contribution in [-0.2, 0) is 23.5 Å². The van der Waals surface area contributed by atoms with Crippen molar-refractivity contribution in [1.82, 2.24) is 24.1 Å². The lowest BCUT2D eigenvalue weighted by Gasteiger charge is -2.39. The van der Waals surface area contributed by atoms with Gasteiger partial charge < -0.3 is 9.72 Å². The molecule has 37 heavy (non-hydrogen) atoms. The minimum absolute atomic E-state index is 0.0185. The summed E-state index contributed by atoms with van der Waals surface area (Å²) in [6.45, 7) is 11.5. The van der Waals surface area contributed by atoms with Crippen molar-refractivity contribution in [3.05, 3.63) is 34.2 Å². The smallest absolute Gasteiger partial charge is 0.277 e. The van der Waals surface area contributed by atoms with E-state index in [2.05, 4.69) is 30.9 Å². The number of rotatable bonds is 7. The molecule has 0 radical (unpaired) electrons. The van der Waals surface area contributed by atoms with Crippen LogP contribution in [0, 0.1) is 10.8 Å². The standard InChI is InChI=1S/C27H37N5O4S/c1-7-9-20-22-23(31(6)30-20)25(33)29-24(28-22)19-12-18(10-11-21(19)36-8-2)37(34,35)32-16-27(5)14-17(32)13-26(3,4)15-27/h10-12,17H,7-9,13-16H2,1-6H3,(H,28,29,33)/t17-,27-/m1/s1. The predicted octanol–water partition coefficient (Wildman–Crippen LogP) is 4.26. The Kier molecular flexibility index (Phi) is 6.26. The molecule has 1 aromatic carbocycles. The molecule has 9 nitrogen and oxygen atoms in total. The number of aromatic nitrogens is 4. The first-order chi connectivity index (χ1) is 17.4. The van der Waals surface area contributed by atoms with E-state index in [1.807, 2.05) is 13.8 Å². The summed E-state index contributed by atoms with van der Waals surface area (Å²) in [5.74, 6) is 0.745. The van der Waals surface area contributed by atoms with Crippen LogP contribution in [0.4, 0.5) is 0 Å². The third-order valence-corrected chi connectivity index (χ3v) is 9.62. The van der Waals surface area contributed by atoms with Crippen molar-refractivity contribution in [2.24, 2.45) is 17.9 Å². The maximum Gasteiger partial charge on any atom is 0.277 e. The molecule has 2 aromatic heterocycles. The van der Waals surface area contributed by atoms with Gasteiger partial charge in [0.25, 0.3) is 5.56 Å². The van der Waals surface area contributed by atoms with Crippen molar-refractivity contribution < 1.29 is 13.2 Å². The van der Waals surface area contributed by atoms with E-state index >= 15 is 0 Å². The number of aromatic amines is 1. The highest BCUT2D eigenvalue weighted by atomic mass is 32.2. The number of sulfonamides is 1. The molecule has 1 aliphatic heterocycles. The lowest BCUT2D eigenvalue weighted by Crippen LogP contribution is -2.37. The van der Waals surface area contributed by atoms with Crippen molar-refractivity contribution in [3.63, 3.8) is 0 Å². The summed E-state index contributed by atoms with van der Waals surface area (Å²) in [4.78, 5) is 20.9. The molecular weight excluding hydrogens is 490 g/mol. The Labute approximate surface area is 218 Å². The topological polar surface area (TPSA) is 110 Å². The molecule has 1 aliphatic carbocycles. The number of ether oxygens (including phenoxy) is 1. The van der Waals surface area contributed by atoms with Crippen LogP contribution in [0.1, 0.15) is 66.0 Å². The third-order valence-electron chi connectivity index (χ3n) is 7.73. The molecule has 2 aliphatic rings. The minimum atomic E-state index is -3.77. The molecule has 3 aromatic rings. The van der Waals surface area contributed by atoms with Crippen LogP contribution in [-0.4, -0.2) is 51.7 Å². The molecule has 3 heterocycles. The number of nitrogens with zero attached hydrogens (tertiary/aromatic N) is 4. The summed E-state index contributed by atoms with van der Waals surface area (Å²) < 4.78 is 37.1. The summed E-state index contributed by atoms with van der Waals surface area (Å²) in [7, 11) is -2.04. The SMILES string of the molecule is CCCc1nn(C)c2c(=O)[nH]c(-c3cc(S(=O)(=O)N4C[C@]5(C)C[C@H]4CC(C)(C)C5)ccc3OCC)nc12. The molecule has 0 unspecified atom stereocenters. The first-order valence-electron chi connectivity index (χ1n) is 13.1. The number of fused-ring (bicyclic) bond motifs is 3. The summed E-state index contributed by atoms with van der Waals surface area (Å²) in [6, 6.07) is 4.84. The van der Waals surface area contributed by atoms with Crippen molar-refractivity contribution >= 4 is 21.1 Å². The van der Waals surface area contributed by atoms with E-state index in [9.17, 15) is 13.2 Å². The number of hydrogen-bond donors (Lipinski definition) is 1. The fraction of sp³-hybridized carbons (Fsp3) is 0.593. The normalized spacial score (nSPS) is 23.6. The van der Waals surface area contributed by atoms with E-state index in [4.69, 9.17) is 9.72 Å². The molecule has 2 fully saturated rings. The molecule has 1 N–H and O–H groups in total. The van der Waals surface area contributed by atoms with E-state index in [1.54, 1.807) is 34.2 Å². The Morgan fingerprint density at radius 1 is 1.19 bits per heavy atom. The van der Waals surface area contributed by atoms with Gasteiger partial charge in [-0.25, -0.2) is 13.4 Å². The first kappa shape index (κ1) is 25.9. The predicted molar refractivity (Wildman–Crippen MR) is 143 cm³/mol. The van der Waals surface area contributed by atoms with Gasteiger partial charge in [0.15, 0.2) is 5.52 Å². The van der Waals surface area contributed by atoms with E-state index in [1.165, 1.54) is 0 Å². The zero-order chi connectivity index (χ0) is 26.8. The van der Waals surface area contributed by atoms with Crippen molar-refractivity contribution in [1.29, 1.82) is 0 Å². The molecule has 200 valence electrons. The van der Waals surface area contributed by atoms with Gasteiger partial charge in [-0.2, -0.15) is 9.40 Å². The van der Waals surface area contributed by atoms with Crippen LogP contribution in [0.25, 0.3) is 22.4 Å². The second-order valence-electron chi connectivity index (χ2n) is 11.8. The highest BCUT2D eigenvalue weighted by Crippen LogP contribution is 2.53. The molecule has 0 spiro atoms. The van der Waals surface area contributed by atoms with Gasteiger partial charge in [0.1, 0.15) is 17.1 Å². The second kappa shape index (κ2) is 8.94. The highest BCUT2D eigenvalue weighted by molar-refractivity contribution is 7.89. The monoisotopic (exact) mass is 527 g/mol. The van der Waals surface area contributed by atoms with Gasteiger partial charge >= 0.3 is 0 Å². The Bertz CT molecular complexity index is 1520. The molecule has 2 bridgehead atoms. The van der Waals surface area contributed by atoms with Crippen molar-refractivity contribution in [2.75, 3.05) is 13.2 Å². The average Bonchev–Trinajstić information content (AvgIpc) is 3.26. The molecule has 2 atom stereocenters. The maximum atomic E-state index is 14.0. The summed E-state index contributed by atoms with van der Waals surface area (Å²) in [5, 5.41) is 4.49. The number of hydrogen-bond acceptors (Lipinski definition) is 6. The Balaban J connectivity index is 1.62. The van der Waals surface area contributed by atoms with Crippen molar-refractivity contribution in [2.45, 2.75) is 77.7 Å². The molecular formula is C27H37N5O4S. The zero-order valence-corrected chi connectivity index (χ0v) is 23.4. The molecule has 5 rings (SSSR count). The van der Waals surface area contributed by atoms with Gasteiger partial charge in [-0.3, -0.25) is 9.48 Å². The largest absolute Gasteiger partial charge is 0.493 e. The Morgan fingerprint density at radius 3 is 2.65 bits per heavy atom. The van der Waals surface area contributed by atoms with Gasteiger partial charge in [-0.05, 0) is 61.6 Å². The molecule has 1 saturated heterocycles. The summed E-state index contributed by atoms with van der Waals surface area (Å²) >= 11 is 0. The fourth-order valence-electron chi connectivity index (χ4n) is 6.74. The quantitative estimate of drug-likeness (QED) is 0.492. The van der Waals surface area contributed by atoms with Crippen LogP contribution in [0.2, 0.25) is 0 Å². The van der Waals surface area contributed by atoms with Crippen LogP contribution in [0.5, 0.6) is 5.75 Å². The van der Waals surface area contributed by atoms with Gasteiger partial charge in [-0.15, -0.1) is 0 Å². The van der Waals surface area contributed by atoms with Gasteiger partial charge in [-0.1, -0.05) is 34.1 Å². The summed E-state index contributed by atoms with van der Waals surface area (Å²) in [5.41, 5.74) is 1.87. The number of aryl methyl sites for hydroxylation is 2. The first-order valence-corrected chi connectivity index (χ1v) is 14.6. The van der Waals surface area contributed by atoms with E-state index in [0.29, 0.717) is 41.9 Å². The molecule has 10 heteroatoms. The van der Waals surface area contributed by atoms with Crippen LogP contribution in [0.3, 0.4) is 0 Å². The zero-order valence-electron chi connectivity index (χ0n) is 22.6. The number of H-pyrrole nitrogens is 1. The van der Waals surface area contributed by atoms with E-state index in [-0.39, 0.29) is 33.2 Å². The average molecular weight is 528 g/mol. The lowest BCUT2D eigenvalue weighted by molar-refractivity contribution is 0.133. The van der Waals surface area contributed by atoms with Crippen molar-refractivity contribution in [3.8, 4) is 17.1 Å².